The van der Waals surface area contributed by atoms with Gasteiger partial charge in [-0.3, -0.25) is 0 Å². The number of methoxy groups -OCH3 is 1. The molecule has 0 unspecified atom stereocenters. The van der Waals surface area contributed by atoms with Crippen LogP contribution < -0.4 is 10.5 Å². The summed E-state index contributed by atoms with van der Waals surface area (Å²) in [6.07, 6.45) is 3.94. The Hall–Kier alpha value is -0.800. The van der Waals surface area contributed by atoms with Crippen molar-refractivity contribution in [2.24, 2.45) is 5.73 Å². The largest absolute Gasteiger partial charge is 0.481 e. The Labute approximate surface area is 83.7 Å². The van der Waals surface area contributed by atoms with Crippen molar-refractivity contribution < 1.29 is 4.74 Å². The summed E-state index contributed by atoms with van der Waals surface area (Å²) in [5.41, 5.74) is 7.01. The van der Waals surface area contributed by atoms with E-state index in [0.29, 0.717) is 5.88 Å². The van der Waals surface area contributed by atoms with E-state index in [2.05, 4.69) is 4.98 Å². The number of ether oxygens (including phenoxy) is 1. The lowest BCUT2D eigenvalue weighted by atomic mass is 10.1. The van der Waals surface area contributed by atoms with E-state index < -0.39 is 0 Å². The molecule has 1 aliphatic carbocycles. The van der Waals surface area contributed by atoms with Crippen LogP contribution in [-0.2, 0) is 5.54 Å². The first-order chi connectivity index (χ1) is 5.74. The third kappa shape index (κ3) is 1.92. The molecule has 1 aromatic rings. The third-order valence-corrected chi connectivity index (χ3v) is 2.31. The number of rotatable bonds is 2. The third-order valence-electron chi connectivity index (χ3n) is 2.31. The summed E-state index contributed by atoms with van der Waals surface area (Å²) < 4.78 is 4.95. The Morgan fingerprint density at radius 1 is 1.46 bits per heavy atom. The topological polar surface area (TPSA) is 48.1 Å². The van der Waals surface area contributed by atoms with Crippen LogP contribution in [0.4, 0.5) is 0 Å². The van der Waals surface area contributed by atoms with Gasteiger partial charge < -0.3 is 10.5 Å². The van der Waals surface area contributed by atoms with Crippen molar-refractivity contribution in [1.29, 1.82) is 0 Å². The van der Waals surface area contributed by atoms with Crippen LogP contribution in [0.2, 0.25) is 0 Å². The molecule has 4 heteroatoms. The predicted molar refractivity (Wildman–Crippen MR) is 53.1 cm³/mol. The fraction of sp³-hybridized carbons (Fsp3) is 0.444. The van der Waals surface area contributed by atoms with E-state index in [9.17, 15) is 0 Å². The van der Waals surface area contributed by atoms with Crippen molar-refractivity contribution in [3.63, 3.8) is 0 Å². The number of aromatic nitrogens is 1. The molecule has 0 spiro atoms. The van der Waals surface area contributed by atoms with Gasteiger partial charge in [0.15, 0.2) is 0 Å². The summed E-state index contributed by atoms with van der Waals surface area (Å²) >= 11 is 0. The van der Waals surface area contributed by atoms with Crippen LogP contribution >= 0.6 is 12.4 Å². The average molecular weight is 201 g/mol. The lowest BCUT2D eigenvalue weighted by Gasteiger charge is -2.07. The molecule has 0 saturated heterocycles. The Morgan fingerprint density at radius 2 is 2.15 bits per heavy atom. The Balaban J connectivity index is 0.000000845. The van der Waals surface area contributed by atoms with Crippen LogP contribution in [0.1, 0.15) is 18.4 Å². The Kier molecular flexibility index (Phi) is 2.78. The van der Waals surface area contributed by atoms with Crippen LogP contribution in [0.15, 0.2) is 18.3 Å². The van der Waals surface area contributed by atoms with Crippen molar-refractivity contribution in [1.82, 2.24) is 4.98 Å². The van der Waals surface area contributed by atoms with Crippen LogP contribution in [0.25, 0.3) is 0 Å². The van der Waals surface area contributed by atoms with E-state index in [1.165, 1.54) is 0 Å². The molecule has 0 bridgehead atoms. The van der Waals surface area contributed by atoms with Gasteiger partial charge in [0.25, 0.3) is 0 Å². The minimum atomic E-state index is -0.0841. The molecule has 3 nitrogen and oxygen atoms in total. The summed E-state index contributed by atoms with van der Waals surface area (Å²) in [5.74, 6) is 0.642. The molecule has 2 rings (SSSR count). The lowest BCUT2D eigenvalue weighted by molar-refractivity contribution is 0.397. The molecule has 1 aliphatic rings. The van der Waals surface area contributed by atoms with Crippen LogP contribution in [-0.4, -0.2) is 12.1 Å². The van der Waals surface area contributed by atoms with Crippen molar-refractivity contribution >= 4 is 12.4 Å². The monoisotopic (exact) mass is 200 g/mol. The zero-order valence-electron chi connectivity index (χ0n) is 7.49. The smallest absolute Gasteiger partial charge is 0.212 e. The highest BCUT2D eigenvalue weighted by atomic mass is 35.5. The van der Waals surface area contributed by atoms with Crippen molar-refractivity contribution in [3.05, 3.63) is 23.9 Å². The number of hydrogen-bond acceptors (Lipinski definition) is 3. The molecule has 1 fully saturated rings. The minimum absolute atomic E-state index is 0. The number of pyridine rings is 1. The van der Waals surface area contributed by atoms with E-state index >= 15 is 0 Å². The van der Waals surface area contributed by atoms with E-state index in [1.54, 1.807) is 13.3 Å². The molecule has 0 aliphatic heterocycles. The van der Waals surface area contributed by atoms with Gasteiger partial charge in [-0.05, 0) is 18.4 Å². The Morgan fingerprint density at radius 3 is 2.54 bits per heavy atom. The van der Waals surface area contributed by atoms with Crippen LogP contribution in [0.3, 0.4) is 0 Å². The average Bonchev–Trinajstić information content (AvgIpc) is 2.85. The summed E-state index contributed by atoms with van der Waals surface area (Å²) in [4.78, 5) is 4.10. The molecule has 1 heterocycles. The van der Waals surface area contributed by atoms with Crippen LogP contribution in [0, 0.1) is 0 Å². The first kappa shape index (κ1) is 10.3. The number of nitrogens with zero attached hydrogens (tertiary/aromatic N) is 1. The summed E-state index contributed by atoms with van der Waals surface area (Å²) in [7, 11) is 1.61. The van der Waals surface area contributed by atoms with Crippen molar-refractivity contribution in [3.8, 4) is 5.88 Å². The molecule has 0 radical (unpaired) electrons. The molecule has 1 saturated carbocycles. The normalized spacial score (nSPS) is 17.4. The zero-order valence-corrected chi connectivity index (χ0v) is 8.30. The van der Waals surface area contributed by atoms with Gasteiger partial charge in [0.05, 0.1) is 7.11 Å². The molecule has 0 atom stereocenters. The maximum Gasteiger partial charge on any atom is 0.212 e. The van der Waals surface area contributed by atoms with Crippen molar-refractivity contribution in [2.45, 2.75) is 18.4 Å². The first-order valence-corrected chi connectivity index (χ1v) is 4.04. The minimum Gasteiger partial charge on any atom is -0.481 e. The summed E-state index contributed by atoms with van der Waals surface area (Å²) in [6, 6.07) is 3.83. The van der Waals surface area contributed by atoms with Gasteiger partial charge in [0.2, 0.25) is 5.88 Å². The van der Waals surface area contributed by atoms with E-state index in [-0.39, 0.29) is 17.9 Å². The molecule has 13 heavy (non-hydrogen) atoms. The molecular formula is C9H13ClN2O. The molecule has 2 N–H and O–H groups in total. The molecule has 0 aromatic carbocycles. The predicted octanol–water partition coefficient (Wildman–Crippen LogP) is 1.46. The molecular weight excluding hydrogens is 188 g/mol. The van der Waals surface area contributed by atoms with Gasteiger partial charge in [-0.15, -0.1) is 12.4 Å². The molecule has 0 amide bonds. The number of halogens is 1. The van der Waals surface area contributed by atoms with Gasteiger partial charge in [0.1, 0.15) is 0 Å². The quantitative estimate of drug-likeness (QED) is 0.787. The van der Waals surface area contributed by atoms with E-state index in [1.807, 2.05) is 12.1 Å². The standard InChI is InChI=1S/C9H12N2O.ClH/c1-12-8-3-2-7(6-11-8)9(10)4-5-9;/h2-3,6H,4-5,10H2,1H3;1H. The van der Waals surface area contributed by atoms with E-state index in [0.717, 1.165) is 18.4 Å². The second kappa shape index (κ2) is 3.52. The number of hydrogen-bond donors (Lipinski definition) is 1. The van der Waals surface area contributed by atoms with Gasteiger partial charge in [-0.1, -0.05) is 6.07 Å². The summed E-state index contributed by atoms with van der Waals surface area (Å²) in [5, 5.41) is 0. The maximum absolute atomic E-state index is 5.98. The van der Waals surface area contributed by atoms with Gasteiger partial charge in [-0.2, -0.15) is 0 Å². The van der Waals surface area contributed by atoms with Crippen molar-refractivity contribution in [2.75, 3.05) is 7.11 Å². The van der Waals surface area contributed by atoms with Gasteiger partial charge in [0, 0.05) is 17.8 Å². The summed E-state index contributed by atoms with van der Waals surface area (Å²) in [6.45, 7) is 0. The highest BCUT2D eigenvalue weighted by Crippen LogP contribution is 2.42. The van der Waals surface area contributed by atoms with Crippen LogP contribution in [0.5, 0.6) is 5.88 Å². The Bertz CT molecular complexity index is 282. The fourth-order valence-electron chi connectivity index (χ4n) is 1.22. The van der Waals surface area contributed by atoms with E-state index in [4.69, 9.17) is 10.5 Å². The highest BCUT2D eigenvalue weighted by Gasteiger charge is 2.40. The lowest BCUT2D eigenvalue weighted by Crippen LogP contribution is -2.18. The SMILES string of the molecule is COc1ccc(C2(N)CC2)cn1.Cl. The molecule has 1 aromatic heterocycles. The van der Waals surface area contributed by atoms with Gasteiger partial charge >= 0.3 is 0 Å². The first-order valence-electron chi connectivity index (χ1n) is 4.04. The maximum atomic E-state index is 5.98. The number of nitrogens with two attached hydrogens (primary N) is 1. The fourth-order valence-corrected chi connectivity index (χ4v) is 1.22. The zero-order chi connectivity index (χ0) is 8.60. The molecule has 72 valence electrons. The second-order valence-electron chi connectivity index (χ2n) is 3.25. The highest BCUT2D eigenvalue weighted by molar-refractivity contribution is 5.85. The second-order valence-corrected chi connectivity index (χ2v) is 3.25. The van der Waals surface area contributed by atoms with Gasteiger partial charge in [-0.25, -0.2) is 4.98 Å².